The van der Waals surface area contributed by atoms with Crippen LogP contribution in [-0.4, -0.2) is 62.2 Å². The van der Waals surface area contributed by atoms with Gasteiger partial charge in [-0.05, 0) is 25.1 Å². The number of nitro benzene ring substituents is 1. The van der Waals surface area contributed by atoms with Gasteiger partial charge in [-0.2, -0.15) is 0 Å². The molecule has 1 heterocycles. The minimum atomic E-state index is -0.561. The zero-order chi connectivity index (χ0) is 16.7. The third kappa shape index (κ3) is 4.90. The molecule has 1 amide bonds. The standard InChI is InChI=1S/C15H21N3O5/c1-22-14-4-3-12(11-13(14)18(20)21)15(19)16-5-2-6-17-7-9-23-10-8-17/h3-4,11H,2,5-10H2,1H3,(H,16,19). The van der Waals surface area contributed by atoms with E-state index in [1.54, 1.807) is 0 Å². The molecule has 1 fully saturated rings. The fraction of sp³-hybridized carbons (Fsp3) is 0.533. The molecule has 1 N–H and O–H groups in total. The van der Waals surface area contributed by atoms with Crippen molar-refractivity contribution in [3.05, 3.63) is 33.9 Å². The predicted octanol–water partition coefficient (Wildman–Crippen LogP) is 1.06. The molecule has 8 nitrogen and oxygen atoms in total. The summed E-state index contributed by atoms with van der Waals surface area (Å²) in [6.45, 7) is 4.75. The molecular weight excluding hydrogens is 302 g/mol. The van der Waals surface area contributed by atoms with Gasteiger partial charge in [-0.3, -0.25) is 19.8 Å². The van der Waals surface area contributed by atoms with E-state index in [0.29, 0.717) is 6.54 Å². The number of hydrogen-bond acceptors (Lipinski definition) is 6. The number of amides is 1. The first-order valence-electron chi connectivity index (χ1n) is 7.52. The molecule has 0 atom stereocenters. The first-order valence-corrected chi connectivity index (χ1v) is 7.52. The van der Waals surface area contributed by atoms with Crippen molar-refractivity contribution in [1.82, 2.24) is 10.2 Å². The van der Waals surface area contributed by atoms with Crippen molar-refractivity contribution in [2.75, 3.05) is 46.5 Å². The van der Waals surface area contributed by atoms with Gasteiger partial charge in [0.15, 0.2) is 5.75 Å². The van der Waals surface area contributed by atoms with E-state index in [4.69, 9.17) is 9.47 Å². The molecule has 126 valence electrons. The summed E-state index contributed by atoms with van der Waals surface area (Å²) in [4.78, 5) is 24.8. The van der Waals surface area contributed by atoms with E-state index in [1.165, 1.54) is 25.3 Å². The van der Waals surface area contributed by atoms with E-state index in [-0.39, 0.29) is 22.9 Å². The maximum atomic E-state index is 12.1. The average molecular weight is 323 g/mol. The van der Waals surface area contributed by atoms with Gasteiger partial charge in [-0.15, -0.1) is 0 Å². The summed E-state index contributed by atoms with van der Waals surface area (Å²) in [6.07, 6.45) is 0.823. The summed E-state index contributed by atoms with van der Waals surface area (Å²) in [5.74, 6) is -0.184. The number of carbonyl (C=O) groups is 1. The van der Waals surface area contributed by atoms with Gasteiger partial charge < -0.3 is 14.8 Å². The molecule has 0 aliphatic carbocycles. The number of methoxy groups -OCH3 is 1. The van der Waals surface area contributed by atoms with Crippen molar-refractivity contribution in [2.24, 2.45) is 0 Å². The van der Waals surface area contributed by atoms with E-state index in [9.17, 15) is 14.9 Å². The Hall–Kier alpha value is -2.19. The first-order chi connectivity index (χ1) is 11.1. The number of hydrogen-bond donors (Lipinski definition) is 1. The zero-order valence-corrected chi connectivity index (χ0v) is 13.1. The highest BCUT2D eigenvalue weighted by molar-refractivity contribution is 5.95. The van der Waals surface area contributed by atoms with E-state index in [2.05, 4.69) is 10.2 Å². The van der Waals surface area contributed by atoms with Crippen LogP contribution in [0, 0.1) is 10.1 Å². The predicted molar refractivity (Wildman–Crippen MR) is 83.9 cm³/mol. The van der Waals surface area contributed by atoms with Crippen LogP contribution in [0.15, 0.2) is 18.2 Å². The van der Waals surface area contributed by atoms with E-state index in [1.807, 2.05) is 0 Å². The molecule has 1 aliphatic heterocycles. The Balaban J connectivity index is 1.83. The van der Waals surface area contributed by atoms with Crippen LogP contribution in [0.3, 0.4) is 0 Å². The smallest absolute Gasteiger partial charge is 0.311 e. The summed E-state index contributed by atoms with van der Waals surface area (Å²) in [6, 6.07) is 4.18. The summed E-state index contributed by atoms with van der Waals surface area (Å²) < 4.78 is 10.2. The second-order valence-electron chi connectivity index (χ2n) is 5.21. The van der Waals surface area contributed by atoms with Crippen LogP contribution in [0.4, 0.5) is 5.69 Å². The molecular formula is C15H21N3O5. The summed E-state index contributed by atoms with van der Waals surface area (Å²) in [5, 5.41) is 13.8. The van der Waals surface area contributed by atoms with Crippen molar-refractivity contribution < 1.29 is 19.2 Å². The van der Waals surface area contributed by atoms with Gasteiger partial charge >= 0.3 is 5.69 Å². The number of ether oxygens (including phenoxy) is 2. The molecule has 0 saturated carbocycles. The van der Waals surface area contributed by atoms with Crippen LogP contribution in [-0.2, 0) is 4.74 Å². The first kappa shape index (κ1) is 17.2. The quantitative estimate of drug-likeness (QED) is 0.458. The second kappa shape index (κ2) is 8.44. The van der Waals surface area contributed by atoms with Gasteiger partial charge in [0.25, 0.3) is 5.91 Å². The highest BCUT2D eigenvalue weighted by Crippen LogP contribution is 2.27. The number of nitro groups is 1. The number of nitrogens with one attached hydrogen (secondary N) is 1. The van der Waals surface area contributed by atoms with Crippen LogP contribution in [0.1, 0.15) is 16.8 Å². The maximum Gasteiger partial charge on any atom is 0.311 e. The number of nitrogens with zero attached hydrogens (tertiary/aromatic N) is 2. The van der Waals surface area contributed by atoms with Crippen molar-refractivity contribution in [2.45, 2.75) is 6.42 Å². The average Bonchev–Trinajstić information content (AvgIpc) is 2.58. The molecule has 8 heteroatoms. The molecule has 1 saturated heterocycles. The Kier molecular flexibility index (Phi) is 6.30. The molecule has 2 rings (SSSR count). The minimum Gasteiger partial charge on any atom is -0.490 e. The fourth-order valence-corrected chi connectivity index (χ4v) is 2.41. The van der Waals surface area contributed by atoms with Crippen LogP contribution in [0.2, 0.25) is 0 Å². The van der Waals surface area contributed by atoms with Crippen LogP contribution < -0.4 is 10.1 Å². The van der Waals surface area contributed by atoms with Gasteiger partial charge in [0.05, 0.1) is 25.2 Å². The summed E-state index contributed by atoms with van der Waals surface area (Å²) >= 11 is 0. The second-order valence-corrected chi connectivity index (χ2v) is 5.21. The van der Waals surface area contributed by atoms with Crippen molar-refractivity contribution in [1.29, 1.82) is 0 Å². The Morgan fingerprint density at radius 3 is 2.83 bits per heavy atom. The lowest BCUT2D eigenvalue weighted by Gasteiger charge is -2.26. The van der Waals surface area contributed by atoms with Crippen LogP contribution >= 0.6 is 0 Å². The highest BCUT2D eigenvalue weighted by Gasteiger charge is 2.18. The Bertz CT molecular complexity index is 558. The lowest BCUT2D eigenvalue weighted by molar-refractivity contribution is -0.385. The molecule has 0 unspecified atom stereocenters. The molecule has 23 heavy (non-hydrogen) atoms. The lowest BCUT2D eigenvalue weighted by atomic mass is 10.1. The Morgan fingerprint density at radius 2 is 2.17 bits per heavy atom. The monoisotopic (exact) mass is 323 g/mol. The van der Waals surface area contributed by atoms with E-state index < -0.39 is 4.92 Å². The number of carbonyl (C=O) groups excluding carboxylic acids is 1. The van der Waals surface area contributed by atoms with Gasteiger partial charge in [-0.1, -0.05) is 0 Å². The summed E-state index contributed by atoms with van der Waals surface area (Å²) in [7, 11) is 1.35. The largest absolute Gasteiger partial charge is 0.490 e. The lowest BCUT2D eigenvalue weighted by Crippen LogP contribution is -2.38. The van der Waals surface area contributed by atoms with E-state index >= 15 is 0 Å². The van der Waals surface area contributed by atoms with Gasteiger partial charge in [0.1, 0.15) is 0 Å². The van der Waals surface area contributed by atoms with Crippen molar-refractivity contribution in [3.8, 4) is 5.75 Å². The molecule has 0 aromatic heterocycles. The number of morpholine rings is 1. The third-order valence-corrected chi connectivity index (χ3v) is 3.68. The third-order valence-electron chi connectivity index (χ3n) is 3.68. The molecule has 1 aromatic carbocycles. The highest BCUT2D eigenvalue weighted by atomic mass is 16.6. The zero-order valence-electron chi connectivity index (χ0n) is 13.1. The Labute approximate surface area is 134 Å². The normalized spacial score (nSPS) is 15.2. The maximum absolute atomic E-state index is 12.1. The number of benzene rings is 1. The van der Waals surface area contributed by atoms with Gasteiger partial charge in [0, 0.05) is 31.3 Å². The molecule has 1 aliphatic rings. The minimum absolute atomic E-state index is 0.138. The molecule has 1 aromatic rings. The van der Waals surface area contributed by atoms with Crippen LogP contribution in [0.5, 0.6) is 5.75 Å². The fourth-order valence-electron chi connectivity index (χ4n) is 2.41. The Morgan fingerprint density at radius 1 is 1.43 bits per heavy atom. The molecule has 0 spiro atoms. The number of rotatable bonds is 7. The topological polar surface area (TPSA) is 93.9 Å². The van der Waals surface area contributed by atoms with E-state index in [0.717, 1.165) is 39.3 Å². The van der Waals surface area contributed by atoms with Gasteiger partial charge in [0.2, 0.25) is 0 Å². The summed E-state index contributed by atoms with van der Waals surface area (Å²) in [5.41, 5.74) is 0.0392. The van der Waals surface area contributed by atoms with Crippen molar-refractivity contribution in [3.63, 3.8) is 0 Å². The van der Waals surface area contributed by atoms with Crippen LogP contribution in [0.25, 0.3) is 0 Å². The molecule has 0 bridgehead atoms. The SMILES string of the molecule is COc1ccc(C(=O)NCCCN2CCOCC2)cc1[N+](=O)[O-]. The molecule has 0 radical (unpaired) electrons. The van der Waals surface area contributed by atoms with Crippen molar-refractivity contribution >= 4 is 11.6 Å². The van der Waals surface area contributed by atoms with Gasteiger partial charge in [-0.25, -0.2) is 0 Å².